The second-order valence-corrected chi connectivity index (χ2v) is 3.04. The number of aromatic nitrogens is 2. The first-order valence-corrected chi connectivity index (χ1v) is 4.43. The summed E-state index contributed by atoms with van der Waals surface area (Å²) in [7, 11) is 3.92. The van der Waals surface area contributed by atoms with Gasteiger partial charge in [-0.3, -0.25) is 4.98 Å². The first-order valence-electron chi connectivity index (χ1n) is 4.43. The lowest BCUT2D eigenvalue weighted by Crippen LogP contribution is -2.16. The van der Waals surface area contributed by atoms with E-state index in [1.165, 1.54) is 0 Å². The third-order valence-electron chi connectivity index (χ3n) is 1.69. The van der Waals surface area contributed by atoms with E-state index in [9.17, 15) is 0 Å². The fourth-order valence-electron chi connectivity index (χ4n) is 0.949. The van der Waals surface area contributed by atoms with Gasteiger partial charge in [0, 0.05) is 26.8 Å². The molecule has 0 saturated carbocycles. The lowest BCUT2D eigenvalue weighted by atomic mass is 10.4. The quantitative estimate of drug-likeness (QED) is 0.738. The number of nitrogens with one attached hydrogen (secondary N) is 1. The standard InChI is InChI=1S/C9H16N4/c1-4-10-5-8-6-11-7-9(12-8)13(2)3/h6-7,10H,4-5H2,1-3H3. The van der Waals surface area contributed by atoms with Crippen LogP contribution in [0.1, 0.15) is 12.6 Å². The molecular formula is C9H16N4. The number of hydrogen-bond donors (Lipinski definition) is 1. The maximum atomic E-state index is 4.41. The van der Waals surface area contributed by atoms with Gasteiger partial charge in [0.2, 0.25) is 0 Å². The van der Waals surface area contributed by atoms with Crippen molar-refractivity contribution >= 4 is 5.82 Å². The molecule has 0 saturated heterocycles. The molecule has 1 aromatic heterocycles. The van der Waals surface area contributed by atoms with Crippen LogP contribution < -0.4 is 10.2 Å². The van der Waals surface area contributed by atoms with Crippen LogP contribution in [0.15, 0.2) is 12.4 Å². The molecule has 0 aliphatic heterocycles. The van der Waals surface area contributed by atoms with Gasteiger partial charge in [-0.15, -0.1) is 0 Å². The molecule has 0 spiro atoms. The van der Waals surface area contributed by atoms with Crippen molar-refractivity contribution in [1.82, 2.24) is 15.3 Å². The summed E-state index contributed by atoms with van der Waals surface area (Å²) in [5.41, 5.74) is 0.980. The molecular weight excluding hydrogens is 164 g/mol. The average Bonchev–Trinajstić information content (AvgIpc) is 2.15. The third kappa shape index (κ3) is 2.99. The van der Waals surface area contributed by atoms with Crippen LogP contribution in [-0.4, -0.2) is 30.6 Å². The Morgan fingerprint density at radius 1 is 1.38 bits per heavy atom. The van der Waals surface area contributed by atoms with E-state index in [2.05, 4.69) is 22.2 Å². The monoisotopic (exact) mass is 180 g/mol. The molecule has 1 rings (SSSR count). The normalized spacial score (nSPS) is 10.1. The Bertz CT molecular complexity index is 260. The number of hydrogen-bond acceptors (Lipinski definition) is 4. The molecule has 1 heterocycles. The van der Waals surface area contributed by atoms with Crippen LogP contribution in [-0.2, 0) is 6.54 Å². The fraction of sp³-hybridized carbons (Fsp3) is 0.556. The molecule has 0 fully saturated rings. The van der Waals surface area contributed by atoms with Gasteiger partial charge in [0.1, 0.15) is 5.82 Å². The largest absolute Gasteiger partial charge is 0.361 e. The Labute approximate surface area is 79.0 Å². The third-order valence-corrected chi connectivity index (χ3v) is 1.69. The zero-order valence-corrected chi connectivity index (χ0v) is 8.41. The summed E-state index contributed by atoms with van der Waals surface area (Å²) in [5.74, 6) is 0.899. The van der Waals surface area contributed by atoms with Crippen LogP contribution in [0, 0.1) is 0 Å². The zero-order chi connectivity index (χ0) is 9.68. The molecule has 72 valence electrons. The highest BCUT2D eigenvalue weighted by Gasteiger charge is 1.99. The zero-order valence-electron chi connectivity index (χ0n) is 8.41. The Morgan fingerprint density at radius 3 is 2.77 bits per heavy atom. The van der Waals surface area contributed by atoms with Crippen LogP contribution in [0.3, 0.4) is 0 Å². The van der Waals surface area contributed by atoms with E-state index in [1.807, 2.05) is 19.0 Å². The van der Waals surface area contributed by atoms with Crippen LogP contribution in [0.5, 0.6) is 0 Å². The molecule has 4 heteroatoms. The fourth-order valence-corrected chi connectivity index (χ4v) is 0.949. The van der Waals surface area contributed by atoms with Gasteiger partial charge >= 0.3 is 0 Å². The van der Waals surface area contributed by atoms with Crippen LogP contribution in [0.2, 0.25) is 0 Å². The van der Waals surface area contributed by atoms with Crippen LogP contribution in [0.4, 0.5) is 5.82 Å². The van der Waals surface area contributed by atoms with E-state index >= 15 is 0 Å². The Kier molecular flexibility index (Phi) is 3.64. The average molecular weight is 180 g/mol. The van der Waals surface area contributed by atoms with Gasteiger partial charge in [-0.25, -0.2) is 4.98 Å². The van der Waals surface area contributed by atoms with Crippen molar-refractivity contribution in [1.29, 1.82) is 0 Å². The molecule has 0 aromatic carbocycles. The Morgan fingerprint density at radius 2 is 2.15 bits per heavy atom. The Hall–Kier alpha value is -1.16. The van der Waals surface area contributed by atoms with E-state index in [0.717, 1.165) is 24.6 Å². The first kappa shape index (κ1) is 9.92. The van der Waals surface area contributed by atoms with Crippen LogP contribution in [0.25, 0.3) is 0 Å². The molecule has 0 aliphatic rings. The summed E-state index contributed by atoms with van der Waals surface area (Å²) in [6, 6.07) is 0. The second-order valence-electron chi connectivity index (χ2n) is 3.04. The van der Waals surface area contributed by atoms with Gasteiger partial charge in [0.05, 0.1) is 11.9 Å². The highest BCUT2D eigenvalue weighted by atomic mass is 15.1. The van der Waals surface area contributed by atoms with Gasteiger partial charge in [-0.1, -0.05) is 6.92 Å². The van der Waals surface area contributed by atoms with Crippen molar-refractivity contribution in [2.75, 3.05) is 25.5 Å². The summed E-state index contributed by atoms with van der Waals surface area (Å²) < 4.78 is 0. The second kappa shape index (κ2) is 4.77. The minimum atomic E-state index is 0.783. The molecule has 1 aromatic rings. The van der Waals surface area contributed by atoms with Crippen molar-refractivity contribution in [3.63, 3.8) is 0 Å². The highest BCUT2D eigenvalue weighted by molar-refractivity contribution is 5.33. The van der Waals surface area contributed by atoms with E-state index in [1.54, 1.807) is 12.4 Å². The van der Waals surface area contributed by atoms with E-state index in [0.29, 0.717) is 0 Å². The predicted octanol–water partition coefficient (Wildman–Crippen LogP) is 0.652. The minimum Gasteiger partial charge on any atom is -0.361 e. The lowest BCUT2D eigenvalue weighted by molar-refractivity contribution is 0.706. The molecule has 0 bridgehead atoms. The van der Waals surface area contributed by atoms with Crippen molar-refractivity contribution in [3.8, 4) is 0 Å². The van der Waals surface area contributed by atoms with Gasteiger partial charge < -0.3 is 10.2 Å². The summed E-state index contributed by atoms with van der Waals surface area (Å²) in [4.78, 5) is 10.5. The minimum absolute atomic E-state index is 0.783. The predicted molar refractivity (Wildman–Crippen MR) is 53.7 cm³/mol. The Balaban J connectivity index is 2.68. The van der Waals surface area contributed by atoms with Gasteiger partial charge in [0.25, 0.3) is 0 Å². The summed E-state index contributed by atoms with van der Waals surface area (Å²) in [5, 5.41) is 3.21. The number of anilines is 1. The topological polar surface area (TPSA) is 41.1 Å². The smallest absolute Gasteiger partial charge is 0.146 e. The van der Waals surface area contributed by atoms with Crippen molar-refractivity contribution in [2.45, 2.75) is 13.5 Å². The maximum Gasteiger partial charge on any atom is 0.146 e. The SMILES string of the molecule is CCNCc1cncc(N(C)C)n1. The molecule has 0 aliphatic carbocycles. The molecule has 0 atom stereocenters. The molecule has 0 radical (unpaired) electrons. The first-order chi connectivity index (χ1) is 6.24. The van der Waals surface area contributed by atoms with E-state index in [-0.39, 0.29) is 0 Å². The number of rotatable bonds is 4. The van der Waals surface area contributed by atoms with E-state index in [4.69, 9.17) is 0 Å². The molecule has 0 unspecified atom stereocenters. The van der Waals surface area contributed by atoms with E-state index < -0.39 is 0 Å². The van der Waals surface area contributed by atoms with Crippen molar-refractivity contribution in [2.24, 2.45) is 0 Å². The van der Waals surface area contributed by atoms with Crippen LogP contribution >= 0.6 is 0 Å². The van der Waals surface area contributed by atoms with Gasteiger partial charge in [-0.05, 0) is 6.54 Å². The molecule has 13 heavy (non-hydrogen) atoms. The van der Waals surface area contributed by atoms with Gasteiger partial charge in [0.15, 0.2) is 0 Å². The molecule has 4 nitrogen and oxygen atoms in total. The summed E-state index contributed by atoms with van der Waals surface area (Å²) in [6.45, 7) is 3.81. The van der Waals surface area contributed by atoms with Crippen molar-refractivity contribution < 1.29 is 0 Å². The summed E-state index contributed by atoms with van der Waals surface area (Å²) >= 11 is 0. The highest BCUT2D eigenvalue weighted by Crippen LogP contribution is 2.04. The lowest BCUT2D eigenvalue weighted by Gasteiger charge is -2.11. The van der Waals surface area contributed by atoms with Gasteiger partial charge in [-0.2, -0.15) is 0 Å². The molecule has 1 N–H and O–H groups in total. The van der Waals surface area contributed by atoms with Crippen molar-refractivity contribution in [3.05, 3.63) is 18.1 Å². The molecule has 0 amide bonds. The maximum absolute atomic E-state index is 4.41. The number of nitrogens with zero attached hydrogens (tertiary/aromatic N) is 3. The summed E-state index contributed by atoms with van der Waals surface area (Å²) in [6.07, 6.45) is 3.55.